The van der Waals surface area contributed by atoms with Gasteiger partial charge in [-0.1, -0.05) is 30.3 Å². The van der Waals surface area contributed by atoms with Gasteiger partial charge >= 0.3 is 0 Å². The average Bonchev–Trinajstić information content (AvgIpc) is 2.72. The van der Waals surface area contributed by atoms with Crippen molar-refractivity contribution in [3.8, 4) is 6.07 Å². The van der Waals surface area contributed by atoms with Crippen molar-refractivity contribution in [1.82, 2.24) is 5.32 Å². The molecule has 3 nitrogen and oxygen atoms in total. The number of nitriles is 1. The molecule has 1 atom stereocenters. The molecule has 0 aromatic heterocycles. The maximum atomic E-state index is 9.07. The van der Waals surface area contributed by atoms with Gasteiger partial charge in [0.25, 0.3) is 0 Å². The van der Waals surface area contributed by atoms with E-state index in [0.717, 1.165) is 25.2 Å². The van der Waals surface area contributed by atoms with Gasteiger partial charge in [0.15, 0.2) is 0 Å². The monoisotopic (exact) mass is 277 g/mol. The predicted molar refractivity (Wildman–Crippen MR) is 85.0 cm³/mol. The molecule has 2 aromatic rings. The zero-order valence-electron chi connectivity index (χ0n) is 12.2. The summed E-state index contributed by atoms with van der Waals surface area (Å²) < 4.78 is 0. The summed E-state index contributed by atoms with van der Waals surface area (Å²) in [4.78, 5) is 0. The third kappa shape index (κ3) is 2.91. The SMILES string of the molecule is Cc1ccc(C#N)cc1NC1CCNCc2ccccc21. The highest BCUT2D eigenvalue weighted by Gasteiger charge is 2.18. The van der Waals surface area contributed by atoms with E-state index in [1.165, 1.54) is 16.7 Å². The molecule has 21 heavy (non-hydrogen) atoms. The second-order valence-electron chi connectivity index (χ2n) is 5.50. The summed E-state index contributed by atoms with van der Waals surface area (Å²) in [6.07, 6.45) is 1.03. The minimum Gasteiger partial charge on any atom is -0.378 e. The van der Waals surface area contributed by atoms with Crippen molar-refractivity contribution in [2.45, 2.75) is 25.9 Å². The number of benzene rings is 2. The summed E-state index contributed by atoms with van der Waals surface area (Å²) in [5.41, 5.74) is 5.62. The third-order valence-electron chi connectivity index (χ3n) is 4.05. The van der Waals surface area contributed by atoms with Gasteiger partial charge in [-0.2, -0.15) is 5.26 Å². The van der Waals surface area contributed by atoms with Crippen LogP contribution in [0.1, 0.15) is 34.7 Å². The summed E-state index contributed by atoms with van der Waals surface area (Å²) in [5, 5.41) is 16.2. The van der Waals surface area contributed by atoms with E-state index in [2.05, 4.69) is 47.9 Å². The van der Waals surface area contributed by atoms with Gasteiger partial charge in [-0.05, 0) is 48.7 Å². The minimum atomic E-state index is 0.281. The van der Waals surface area contributed by atoms with Crippen molar-refractivity contribution in [3.05, 3.63) is 64.7 Å². The van der Waals surface area contributed by atoms with Gasteiger partial charge in [-0.15, -0.1) is 0 Å². The Morgan fingerprint density at radius 1 is 1.24 bits per heavy atom. The van der Waals surface area contributed by atoms with Crippen molar-refractivity contribution in [2.75, 3.05) is 11.9 Å². The molecule has 1 unspecified atom stereocenters. The first-order valence-corrected chi connectivity index (χ1v) is 7.34. The van der Waals surface area contributed by atoms with E-state index in [0.29, 0.717) is 5.56 Å². The van der Waals surface area contributed by atoms with Crippen LogP contribution < -0.4 is 10.6 Å². The van der Waals surface area contributed by atoms with E-state index in [1.807, 2.05) is 18.2 Å². The summed E-state index contributed by atoms with van der Waals surface area (Å²) in [5.74, 6) is 0. The maximum Gasteiger partial charge on any atom is 0.0992 e. The number of hydrogen-bond donors (Lipinski definition) is 2. The highest BCUT2D eigenvalue weighted by molar-refractivity contribution is 5.56. The second kappa shape index (κ2) is 5.99. The van der Waals surface area contributed by atoms with Crippen LogP contribution in [0.25, 0.3) is 0 Å². The standard InChI is InChI=1S/C18H19N3/c1-13-6-7-14(11-19)10-18(13)21-17-8-9-20-12-15-4-2-3-5-16(15)17/h2-7,10,17,20-21H,8-9,12H2,1H3. The van der Waals surface area contributed by atoms with Crippen molar-refractivity contribution in [2.24, 2.45) is 0 Å². The van der Waals surface area contributed by atoms with E-state index in [-0.39, 0.29) is 6.04 Å². The molecule has 0 radical (unpaired) electrons. The van der Waals surface area contributed by atoms with Crippen LogP contribution in [0.4, 0.5) is 5.69 Å². The van der Waals surface area contributed by atoms with Crippen LogP contribution in [0.2, 0.25) is 0 Å². The summed E-state index contributed by atoms with van der Waals surface area (Å²) >= 11 is 0. The normalized spacial score (nSPS) is 17.4. The first-order valence-electron chi connectivity index (χ1n) is 7.34. The number of rotatable bonds is 2. The van der Waals surface area contributed by atoms with Crippen molar-refractivity contribution >= 4 is 5.69 Å². The Morgan fingerprint density at radius 3 is 2.95 bits per heavy atom. The van der Waals surface area contributed by atoms with Crippen LogP contribution in [0.3, 0.4) is 0 Å². The fourth-order valence-corrected chi connectivity index (χ4v) is 2.84. The first-order chi connectivity index (χ1) is 10.3. The zero-order chi connectivity index (χ0) is 14.7. The molecule has 0 fully saturated rings. The number of nitrogens with one attached hydrogen (secondary N) is 2. The largest absolute Gasteiger partial charge is 0.378 e. The molecule has 0 bridgehead atoms. The molecule has 2 aromatic carbocycles. The smallest absolute Gasteiger partial charge is 0.0992 e. The first kappa shape index (κ1) is 13.7. The Bertz CT molecular complexity index is 685. The number of nitrogens with zero attached hydrogens (tertiary/aromatic N) is 1. The number of fused-ring (bicyclic) bond motifs is 1. The molecule has 1 heterocycles. The Labute approximate surface area is 125 Å². The number of hydrogen-bond acceptors (Lipinski definition) is 3. The van der Waals surface area contributed by atoms with Crippen LogP contribution in [-0.4, -0.2) is 6.54 Å². The summed E-state index contributed by atoms with van der Waals surface area (Å²) in [7, 11) is 0. The molecule has 0 saturated carbocycles. The van der Waals surface area contributed by atoms with Crippen molar-refractivity contribution in [3.63, 3.8) is 0 Å². The molecule has 1 aliphatic heterocycles. The molecule has 106 valence electrons. The van der Waals surface area contributed by atoms with Crippen molar-refractivity contribution in [1.29, 1.82) is 5.26 Å². The fraction of sp³-hybridized carbons (Fsp3) is 0.278. The number of anilines is 1. The minimum absolute atomic E-state index is 0.281. The van der Waals surface area contributed by atoms with Crippen LogP contribution in [0.15, 0.2) is 42.5 Å². The molecule has 0 amide bonds. The van der Waals surface area contributed by atoms with Crippen LogP contribution >= 0.6 is 0 Å². The lowest BCUT2D eigenvalue weighted by Crippen LogP contribution is -2.15. The zero-order valence-corrected chi connectivity index (χ0v) is 12.2. The summed E-state index contributed by atoms with van der Waals surface area (Å²) in [6, 6.07) is 16.9. The molecule has 0 aliphatic carbocycles. The second-order valence-corrected chi connectivity index (χ2v) is 5.50. The van der Waals surface area contributed by atoms with Gasteiger partial charge < -0.3 is 10.6 Å². The quantitative estimate of drug-likeness (QED) is 0.883. The van der Waals surface area contributed by atoms with Gasteiger partial charge in [0.05, 0.1) is 17.7 Å². The van der Waals surface area contributed by atoms with E-state index in [4.69, 9.17) is 5.26 Å². The van der Waals surface area contributed by atoms with Gasteiger partial charge in [0.1, 0.15) is 0 Å². The van der Waals surface area contributed by atoms with Gasteiger partial charge in [-0.3, -0.25) is 0 Å². The summed E-state index contributed by atoms with van der Waals surface area (Å²) in [6.45, 7) is 3.99. The van der Waals surface area contributed by atoms with E-state index >= 15 is 0 Å². The predicted octanol–water partition coefficient (Wildman–Crippen LogP) is 3.51. The molecule has 3 heteroatoms. The van der Waals surface area contributed by atoms with Crippen LogP contribution in [0.5, 0.6) is 0 Å². The Morgan fingerprint density at radius 2 is 2.10 bits per heavy atom. The van der Waals surface area contributed by atoms with Gasteiger partial charge in [0, 0.05) is 12.2 Å². The highest BCUT2D eigenvalue weighted by atomic mass is 15.0. The Balaban J connectivity index is 1.93. The van der Waals surface area contributed by atoms with E-state index < -0.39 is 0 Å². The van der Waals surface area contributed by atoms with E-state index in [9.17, 15) is 0 Å². The van der Waals surface area contributed by atoms with Crippen molar-refractivity contribution < 1.29 is 0 Å². The fourth-order valence-electron chi connectivity index (χ4n) is 2.84. The van der Waals surface area contributed by atoms with Gasteiger partial charge in [0.2, 0.25) is 0 Å². The average molecular weight is 277 g/mol. The van der Waals surface area contributed by atoms with Crippen LogP contribution in [-0.2, 0) is 6.54 Å². The lowest BCUT2D eigenvalue weighted by atomic mass is 9.98. The lowest BCUT2D eigenvalue weighted by molar-refractivity contribution is 0.637. The number of aryl methyl sites for hydroxylation is 1. The molecule has 0 spiro atoms. The lowest BCUT2D eigenvalue weighted by Gasteiger charge is -2.21. The molecule has 1 aliphatic rings. The maximum absolute atomic E-state index is 9.07. The van der Waals surface area contributed by atoms with Gasteiger partial charge in [-0.25, -0.2) is 0 Å². The molecular formula is C18H19N3. The third-order valence-corrected chi connectivity index (χ3v) is 4.05. The Kier molecular flexibility index (Phi) is 3.89. The topological polar surface area (TPSA) is 47.9 Å². The highest BCUT2D eigenvalue weighted by Crippen LogP contribution is 2.29. The molecule has 0 saturated heterocycles. The van der Waals surface area contributed by atoms with Crippen LogP contribution in [0, 0.1) is 18.3 Å². The molecular weight excluding hydrogens is 258 g/mol. The Hall–Kier alpha value is -2.31. The van der Waals surface area contributed by atoms with E-state index in [1.54, 1.807) is 0 Å². The molecule has 3 rings (SSSR count). The molecule has 2 N–H and O–H groups in total.